The Morgan fingerprint density at radius 2 is 1.86 bits per heavy atom. The van der Waals surface area contributed by atoms with Crippen LogP contribution in [0.5, 0.6) is 11.5 Å². The molecule has 0 saturated heterocycles. The number of benzene rings is 2. The van der Waals surface area contributed by atoms with E-state index in [-0.39, 0.29) is 10.8 Å². The van der Waals surface area contributed by atoms with Gasteiger partial charge in [0.15, 0.2) is 16.6 Å². The highest BCUT2D eigenvalue weighted by atomic mass is 32.2. The Hall–Kier alpha value is -2.85. The normalized spacial score (nSPS) is 11.2. The van der Waals surface area contributed by atoms with Gasteiger partial charge < -0.3 is 14.8 Å². The predicted molar refractivity (Wildman–Crippen MR) is 109 cm³/mol. The average molecular weight is 422 g/mol. The highest BCUT2D eigenvalue weighted by molar-refractivity contribution is 7.92. The van der Waals surface area contributed by atoms with Crippen LogP contribution < -0.4 is 19.5 Å². The number of rotatable bonds is 7. The van der Waals surface area contributed by atoms with Crippen molar-refractivity contribution in [3.8, 4) is 11.5 Å². The summed E-state index contributed by atoms with van der Waals surface area (Å²) < 4.78 is 39.0. The van der Waals surface area contributed by atoms with Crippen LogP contribution in [0.3, 0.4) is 0 Å². The van der Waals surface area contributed by atoms with Crippen LogP contribution in [0.4, 0.5) is 10.8 Å². The van der Waals surface area contributed by atoms with Crippen molar-refractivity contribution < 1.29 is 22.7 Å². The first-order valence-corrected chi connectivity index (χ1v) is 10.6. The molecule has 28 heavy (non-hydrogen) atoms. The number of methoxy groups -OCH3 is 2. The molecule has 0 unspecified atom stereocenters. The summed E-state index contributed by atoms with van der Waals surface area (Å²) >= 11 is 1.27. The molecule has 2 aromatic carbocycles. The van der Waals surface area contributed by atoms with Crippen molar-refractivity contribution in [2.45, 2.75) is 18.2 Å². The molecule has 148 valence electrons. The van der Waals surface area contributed by atoms with E-state index in [4.69, 9.17) is 9.47 Å². The molecule has 1 heterocycles. The minimum atomic E-state index is -3.83. The van der Waals surface area contributed by atoms with Crippen LogP contribution in [-0.4, -0.2) is 33.5 Å². The lowest BCUT2D eigenvalue weighted by Crippen LogP contribution is -2.13. The van der Waals surface area contributed by atoms with Crippen molar-refractivity contribution in [3.63, 3.8) is 0 Å². The Bertz CT molecular complexity index is 1130. The van der Waals surface area contributed by atoms with Crippen molar-refractivity contribution in [1.29, 1.82) is 0 Å². The van der Waals surface area contributed by atoms with E-state index in [1.54, 1.807) is 25.1 Å². The molecule has 0 radical (unpaired) electrons. The summed E-state index contributed by atoms with van der Waals surface area (Å²) in [7, 11) is -0.910. The lowest BCUT2D eigenvalue weighted by Gasteiger charge is -2.11. The topological polar surface area (TPSA) is 107 Å². The van der Waals surface area contributed by atoms with Gasteiger partial charge in [-0.1, -0.05) is 18.3 Å². The van der Waals surface area contributed by atoms with Gasteiger partial charge in [-0.25, -0.2) is 13.4 Å². The number of amides is 1. The van der Waals surface area contributed by atoms with E-state index >= 15 is 0 Å². The average Bonchev–Trinajstić information content (AvgIpc) is 3.08. The van der Waals surface area contributed by atoms with Gasteiger partial charge in [-0.05, 0) is 30.3 Å². The number of anilines is 2. The predicted octanol–water partition coefficient (Wildman–Crippen LogP) is 3.46. The molecule has 0 aliphatic carbocycles. The summed E-state index contributed by atoms with van der Waals surface area (Å²) in [4.78, 5) is 15.9. The Labute approximate surface area is 166 Å². The molecule has 0 fully saturated rings. The van der Waals surface area contributed by atoms with Gasteiger partial charge in [0.1, 0.15) is 0 Å². The summed E-state index contributed by atoms with van der Waals surface area (Å²) in [6.45, 7) is 1.75. The number of ether oxygens (including phenoxy) is 2. The third-order valence-corrected chi connectivity index (χ3v) is 6.19. The van der Waals surface area contributed by atoms with Crippen LogP contribution in [0.2, 0.25) is 0 Å². The van der Waals surface area contributed by atoms with Crippen LogP contribution in [0.15, 0.2) is 41.3 Å². The Kier molecular flexibility index (Phi) is 5.71. The molecule has 0 aliphatic heterocycles. The number of thiazole rings is 1. The van der Waals surface area contributed by atoms with Crippen LogP contribution in [0.25, 0.3) is 10.2 Å². The van der Waals surface area contributed by atoms with Crippen LogP contribution in [-0.2, 0) is 14.8 Å². The van der Waals surface area contributed by atoms with E-state index in [9.17, 15) is 13.2 Å². The second-order valence-electron chi connectivity index (χ2n) is 5.73. The first kappa shape index (κ1) is 19.9. The molecule has 0 aliphatic rings. The van der Waals surface area contributed by atoms with Crippen molar-refractivity contribution in [2.75, 3.05) is 24.3 Å². The molecule has 3 aromatic rings. The number of sulfonamides is 1. The quantitative estimate of drug-likeness (QED) is 0.605. The molecule has 0 saturated carbocycles. The van der Waals surface area contributed by atoms with E-state index in [0.717, 1.165) is 4.70 Å². The summed E-state index contributed by atoms with van der Waals surface area (Å²) in [6.07, 6.45) is 0.353. The van der Waals surface area contributed by atoms with E-state index in [2.05, 4.69) is 15.0 Å². The molecule has 10 heteroatoms. The summed E-state index contributed by atoms with van der Waals surface area (Å²) in [5.74, 6) is 0.627. The third kappa shape index (κ3) is 4.18. The standard InChI is InChI=1S/C18H19N3O5S2/c1-4-17(22)20-18-19-13-7-5-11(9-16(13)27-18)21-28(23,24)12-6-8-14(25-2)15(10-12)26-3/h5-10,21H,4H2,1-3H3,(H,19,20,22). The van der Waals surface area contributed by atoms with Gasteiger partial charge in [0.05, 0.1) is 35.0 Å². The molecule has 0 spiro atoms. The van der Waals surface area contributed by atoms with Gasteiger partial charge in [0.2, 0.25) is 5.91 Å². The maximum absolute atomic E-state index is 12.7. The fourth-order valence-corrected chi connectivity index (χ4v) is 4.43. The highest BCUT2D eigenvalue weighted by Crippen LogP contribution is 2.32. The number of fused-ring (bicyclic) bond motifs is 1. The van der Waals surface area contributed by atoms with Gasteiger partial charge in [0, 0.05) is 12.5 Å². The minimum Gasteiger partial charge on any atom is -0.493 e. The Balaban J connectivity index is 1.87. The van der Waals surface area contributed by atoms with Crippen LogP contribution in [0.1, 0.15) is 13.3 Å². The molecule has 1 aromatic heterocycles. The zero-order chi connectivity index (χ0) is 20.3. The second kappa shape index (κ2) is 8.03. The lowest BCUT2D eigenvalue weighted by atomic mass is 10.3. The molecular weight excluding hydrogens is 402 g/mol. The number of aromatic nitrogens is 1. The fourth-order valence-electron chi connectivity index (χ4n) is 2.45. The van der Waals surface area contributed by atoms with Crippen molar-refractivity contribution in [3.05, 3.63) is 36.4 Å². The van der Waals surface area contributed by atoms with Crippen molar-refractivity contribution in [2.24, 2.45) is 0 Å². The fraction of sp³-hybridized carbons (Fsp3) is 0.222. The zero-order valence-electron chi connectivity index (χ0n) is 15.5. The highest BCUT2D eigenvalue weighted by Gasteiger charge is 2.18. The summed E-state index contributed by atoms with van der Waals surface area (Å²) in [6, 6.07) is 9.35. The number of carbonyl (C=O) groups excluding carboxylic acids is 1. The molecule has 3 rings (SSSR count). The van der Waals surface area contributed by atoms with Gasteiger partial charge in [-0.2, -0.15) is 0 Å². The molecule has 0 bridgehead atoms. The molecular formula is C18H19N3O5S2. The smallest absolute Gasteiger partial charge is 0.262 e. The zero-order valence-corrected chi connectivity index (χ0v) is 17.1. The molecule has 8 nitrogen and oxygen atoms in total. The lowest BCUT2D eigenvalue weighted by molar-refractivity contribution is -0.115. The molecule has 2 N–H and O–H groups in total. The number of nitrogens with zero attached hydrogens (tertiary/aromatic N) is 1. The van der Waals surface area contributed by atoms with E-state index in [0.29, 0.717) is 34.3 Å². The van der Waals surface area contributed by atoms with E-state index in [1.165, 1.54) is 43.8 Å². The van der Waals surface area contributed by atoms with Crippen molar-refractivity contribution >= 4 is 48.3 Å². The first-order valence-electron chi connectivity index (χ1n) is 8.31. The Morgan fingerprint density at radius 1 is 1.11 bits per heavy atom. The van der Waals surface area contributed by atoms with E-state index in [1.807, 2.05) is 0 Å². The Morgan fingerprint density at radius 3 is 2.54 bits per heavy atom. The van der Waals surface area contributed by atoms with E-state index < -0.39 is 10.0 Å². The number of carbonyl (C=O) groups is 1. The van der Waals surface area contributed by atoms with Crippen molar-refractivity contribution in [1.82, 2.24) is 4.98 Å². The maximum atomic E-state index is 12.7. The number of hydrogen-bond acceptors (Lipinski definition) is 7. The summed E-state index contributed by atoms with van der Waals surface area (Å²) in [5, 5.41) is 3.18. The molecule has 1 amide bonds. The van der Waals surface area contributed by atoms with Crippen LogP contribution in [0, 0.1) is 0 Å². The molecule has 0 atom stereocenters. The van der Waals surface area contributed by atoms with Crippen LogP contribution >= 0.6 is 11.3 Å². The van der Waals surface area contributed by atoms with Gasteiger partial charge in [0.25, 0.3) is 10.0 Å². The largest absolute Gasteiger partial charge is 0.493 e. The number of nitrogens with one attached hydrogen (secondary N) is 2. The van der Waals surface area contributed by atoms with Gasteiger partial charge in [-0.15, -0.1) is 0 Å². The third-order valence-electron chi connectivity index (χ3n) is 3.87. The SMILES string of the molecule is CCC(=O)Nc1nc2ccc(NS(=O)(=O)c3ccc(OC)c(OC)c3)cc2s1. The first-order chi connectivity index (χ1) is 13.4. The minimum absolute atomic E-state index is 0.0467. The number of hydrogen-bond donors (Lipinski definition) is 2. The maximum Gasteiger partial charge on any atom is 0.262 e. The van der Waals surface area contributed by atoms with Gasteiger partial charge in [-0.3, -0.25) is 9.52 Å². The summed E-state index contributed by atoms with van der Waals surface area (Å²) in [5.41, 5.74) is 1.06. The second-order valence-corrected chi connectivity index (χ2v) is 8.44. The monoisotopic (exact) mass is 421 g/mol. The van der Waals surface area contributed by atoms with Gasteiger partial charge >= 0.3 is 0 Å².